The number of hydrogen-bond donors (Lipinski definition) is 0. The fourth-order valence-electron chi connectivity index (χ4n) is 14.4. The second kappa shape index (κ2) is 79.7. The summed E-state index contributed by atoms with van der Waals surface area (Å²) in [5, 5.41) is -0.355. The molecular weight excluding hydrogens is 1460 g/mol. The quantitative estimate of drug-likeness (QED) is 0.125. The third-order valence-corrected chi connectivity index (χ3v) is 24.9. The maximum absolute atomic E-state index is 11.3. The van der Waals surface area contributed by atoms with Gasteiger partial charge in [0.1, 0.15) is 0 Å². The van der Waals surface area contributed by atoms with Crippen molar-refractivity contribution in [3.8, 4) is 0 Å². The van der Waals surface area contributed by atoms with Gasteiger partial charge in [-0.2, -0.15) is 0 Å². The maximum Gasteiger partial charge on any atom is 0.252 e. The molecule has 0 spiro atoms. The number of rotatable bonds is 10. The lowest BCUT2D eigenvalue weighted by Gasteiger charge is -2.18. The topological polar surface area (TPSA) is 17.1 Å². The van der Waals surface area contributed by atoms with E-state index in [1.165, 1.54) is 229 Å². The molecule has 0 aliphatic carbocycles. The molecule has 1 nitrogen and oxygen atoms in total. The third-order valence-electron chi connectivity index (χ3n) is 24.7. The van der Waals surface area contributed by atoms with E-state index in [0.717, 1.165) is 28.7 Å². The molecule has 0 atom stereocenters. The summed E-state index contributed by atoms with van der Waals surface area (Å²) in [5.41, 5.74) is 60.0. The molecule has 7 aromatic carbocycles. The molecule has 119 heavy (non-hydrogen) atoms. The largest absolute Gasteiger partial charge is 0.276 e. The van der Waals surface area contributed by atoms with E-state index >= 15 is 0 Å². The zero-order valence-corrected chi connectivity index (χ0v) is 94.4. The van der Waals surface area contributed by atoms with Gasteiger partial charge in [-0.05, 0) is 521 Å². The summed E-state index contributed by atoms with van der Waals surface area (Å²) in [6, 6.07) is 0. The van der Waals surface area contributed by atoms with Crippen molar-refractivity contribution in [1.29, 1.82) is 0 Å². The molecule has 0 bridgehead atoms. The van der Waals surface area contributed by atoms with E-state index in [-0.39, 0.29) is 5.24 Å². The molecule has 0 aliphatic rings. The van der Waals surface area contributed by atoms with Crippen LogP contribution in [0.2, 0.25) is 0 Å². The van der Waals surface area contributed by atoms with Crippen LogP contribution >= 0.6 is 11.6 Å². The van der Waals surface area contributed by atoms with Crippen LogP contribution in [0.1, 0.15) is 465 Å². The summed E-state index contributed by atoms with van der Waals surface area (Å²) in [7, 11) is 0. The molecule has 0 saturated heterocycles. The van der Waals surface area contributed by atoms with Crippen molar-refractivity contribution in [3.63, 3.8) is 0 Å². The predicted molar refractivity (Wildman–Crippen MR) is 567 cm³/mol. The molecule has 0 saturated carbocycles. The third kappa shape index (κ3) is 42.2. The molecule has 0 aromatic heterocycles. The second-order valence-corrected chi connectivity index (χ2v) is 29.2. The van der Waals surface area contributed by atoms with Crippen LogP contribution < -0.4 is 0 Å². The average Bonchev–Trinajstić information content (AvgIpc) is 0.824. The van der Waals surface area contributed by atoms with Gasteiger partial charge >= 0.3 is 0 Å². The summed E-state index contributed by atoms with van der Waals surface area (Å²) < 4.78 is 0. The number of benzene rings is 7. The molecule has 0 unspecified atom stereocenters. The molecule has 0 fully saturated rings. The minimum atomic E-state index is -0.355. The normalized spacial score (nSPS) is 9.09. The predicted octanol–water partition coefficient (Wildman–Crippen LogP) is 40.0. The van der Waals surface area contributed by atoms with Gasteiger partial charge in [-0.3, -0.25) is 4.79 Å². The Labute approximate surface area is 758 Å². The number of halogens is 1. The van der Waals surface area contributed by atoms with Crippen LogP contribution in [0.4, 0.5) is 0 Å². The summed E-state index contributed by atoms with van der Waals surface area (Å²) in [4.78, 5) is 11.3. The molecule has 694 valence electrons. The fraction of sp³-hybridized carbons (Fsp3) is 0.632. The van der Waals surface area contributed by atoms with Crippen LogP contribution in [-0.4, -0.2) is 5.24 Å². The highest BCUT2D eigenvalue weighted by Crippen LogP contribution is 2.33. The van der Waals surface area contributed by atoms with Crippen molar-refractivity contribution >= 4 is 16.8 Å². The van der Waals surface area contributed by atoms with Crippen LogP contribution in [0.5, 0.6) is 0 Å². The summed E-state index contributed by atoms with van der Waals surface area (Å²) >= 11 is 5.57. The summed E-state index contributed by atoms with van der Waals surface area (Å²) in [6.45, 7) is 139. The van der Waals surface area contributed by atoms with Crippen molar-refractivity contribution in [2.24, 2.45) is 0 Å². The Bertz CT molecular complexity index is 3290. The Kier molecular flexibility index (Phi) is 93.3. The van der Waals surface area contributed by atoms with E-state index in [1.807, 2.05) is 194 Å². The van der Waals surface area contributed by atoms with Gasteiger partial charge in [-0.15, -0.1) is 0 Å². The number of carbonyl (C=O) groups is 1. The first kappa shape index (κ1) is 139. The standard InChI is InChI=1S/4C14H22.C13H20.C12H15ClO.C12H18.12C2H6/c4*1-7-8-14-12(5)10(3)9(2)11(4)13(14)6;1-7-13-11(5)9(3)8(2)10(4)12(13)6;1-6-7(2)9(4)11(12(13)14)10(5)8(6)3;1-7-8(2)10(4)12(6)11(5)9(7)3;12*1-2/h4*7-8H2,1-6H3;7H2,1-6H3;1-5H3;1-6H3;12*1-2H3. The van der Waals surface area contributed by atoms with E-state index in [0.29, 0.717) is 5.56 Å². The molecule has 0 amide bonds. The minimum Gasteiger partial charge on any atom is -0.276 e. The maximum atomic E-state index is 11.3. The number of carbonyl (C=O) groups excluding carboxylic acids is 1. The first-order valence-electron chi connectivity index (χ1n) is 48.4. The SMILES string of the molecule is CC.CC.CC.CC.CC.CC.CC.CC.CC.CC.CC.CC.CCCc1c(C)c(C)c(C)c(C)c1C.CCCc1c(C)c(C)c(C)c(C)c1C.CCCc1c(C)c(C)c(C)c(C)c1C.CCCc1c(C)c(C)c(C)c(C)c1C.CCc1c(C)c(C)c(C)c(C)c1C.Cc1c(C)c(C)c(C(=O)Cl)c(C)c1C.Cc1c(C)c(C)c(C)c(C)c1C. The van der Waals surface area contributed by atoms with Crippen molar-refractivity contribution < 1.29 is 4.79 Å². The molecule has 7 aromatic rings. The monoisotopic (exact) mass is 1670 g/mol. The van der Waals surface area contributed by atoms with Crippen molar-refractivity contribution in [2.45, 2.75) is 508 Å². The van der Waals surface area contributed by atoms with Crippen molar-refractivity contribution in [1.82, 2.24) is 0 Å². The zero-order valence-electron chi connectivity index (χ0n) is 93.7. The fourth-order valence-corrected chi connectivity index (χ4v) is 14.7. The molecule has 7 rings (SSSR count). The van der Waals surface area contributed by atoms with E-state index in [4.69, 9.17) is 11.6 Å². The van der Waals surface area contributed by atoms with Crippen molar-refractivity contribution in [3.05, 3.63) is 234 Å². The van der Waals surface area contributed by atoms with Crippen LogP contribution in [-0.2, 0) is 32.1 Å². The highest BCUT2D eigenvalue weighted by Gasteiger charge is 2.18. The molecule has 2 heteroatoms. The molecule has 0 N–H and O–H groups in total. The van der Waals surface area contributed by atoms with Gasteiger partial charge in [0.2, 0.25) is 0 Å². The Morgan fingerprint density at radius 1 is 0.151 bits per heavy atom. The Balaban J connectivity index is -0.000000107. The molecule has 0 heterocycles. The first-order chi connectivity index (χ1) is 55.8. The van der Waals surface area contributed by atoms with E-state index in [9.17, 15) is 4.79 Å². The van der Waals surface area contributed by atoms with Gasteiger partial charge in [0.15, 0.2) is 0 Å². The average molecular weight is 1670 g/mol. The minimum absolute atomic E-state index is 0.355. The summed E-state index contributed by atoms with van der Waals surface area (Å²) in [5.74, 6) is 0. The Hall–Kier alpha value is -5.50. The molecular formula is C117H213ClO. The van der Waals surface area contributed by atoms with Crippen molar-refractivity contribution in [2.75, 3.05) is 0 Å². The highest BCUT2D eigenvalue weighted by molar-refractivity contribution is 6.68. The second-order valence-electron chi connectivity index (χ2n) is 28.9. The smallest absolute Gasteiger partial charge is 0.252 e. The lowest BCUT2D eigenvalue weighted by atomic mass is 9.88. The van der Waals surface area contributed by atoms with Gasteiger partial charge in [0.25, 0.3) is 5.24 Å². The number of hydrogen-bond acceptors (Lipinski definition) is 1. The van der Waals surface area contributed by atoms with Crippen LogP contribution in [0, 0.1) is 249 Å². The van der Waals surface area contributed by atoms with E-state index in [1.54, 1.807) is 27.8 Å². The van der Waals surface area contributed by atoms with Gasteiger partial charge < -0.3 is 0 Å². The lowest BCUT2D eigenvalue weighted by Crippen LogP contribution is -2.05. The molecule has 0 aliphatic heterocycles. The Morgan fingerprint density at radius 2 is 0.235 bits per heavy atom. The van der Waals surface area contributed by atoms with Crippen LogP contribution in [0.15, 0.2) is 0 Å². The van der Waals surface area contributed by atoms with Gasteiger partial charge in [-0.1, -0.05) is 226 Å². The highest BCUT2D eigenvalue weighted by atomic mass is 35.5. The van der Waals surface area contributed by atoms with Gasteiger partial charge in [0.05, 0.1) is 0 Å². The van der Waals surface area contributed by atoms with Gasteiger partial charge in [-0.25, -0.2) is 0 Å². The van der Waals surface area contributed by atoms with Crippen LogP contribution in [0.25, 0.3) is 0 Å². The van der Waals surface area contributed by atoms with E-state index in [2.05, 4.69) is 256 Å². The van der Waals surface area contributed by atoms with E-state index < -0.39 is 0 Å². The zero-order chi connectivity index (χ0) is 98.2. The van der Waals surface area contributed by atoms with Gasteiger partial charge in [0, 0.05) is 5.56 Å². The summed E-state index contributed by atoms with van der Waals surface area (Å²) in [6.07, 6.45) is 11.0. The van der Waals surface area contributed by atoms with Crippen LogP contribution in [0.3, 0.4) is 0 Å². The lowest BCUT2D eigenvalue weighted by molar-refractivity contribution is 0.108. The Morgan fingerprint density at radius 3 is 0.319 bits per heavy atom. The first-order valence-corrected chi connectivity index (χ1v) is 48.8. The molecule has 0 radical (unpaired) electrons.